The third kappa shape index (κ3) is 3.14. The minimum atomic E-state index is 0.129. The zero-order valence-electron chi connectivity index (χ0n) is 11.7. The molecule has 1 amide bonds. The number of rotatable bonds is 6. The van der Waals surface area contributed by atoms with Crippen LogP contribution in [-0.4, -0.2) is 34.9 Å². The fourth-order valence-corrected chi connectivity index (χ4v) is 2.76. The number of anilines is 1. The van der Waals surface area contributed by atoms with Crippen LogP contribution in [0.4, 0.5) is 5.82 Å². The van der Waals surface area contributed by atoms with Gasteiger partial charge >= 0.3 is 0 Å². The lowest BCUT2D eigenvalue weighted by molar-refractivity contribution is 0.0735. The van der Waals surface area contributed by atoms with Crippen molar-refractivity contribution < 1.29 is 4.79 Å². The van der Waals surface area contributed by atoms with Gasteiger partial charge in [0.2, 0.25) is 0 Å². The summed E-state index contributed by atoms with van der Waals surface area (Å²) in [5.41, 5.74) is 0.689. The summed E-state index contributed by atoms with van der Waals surface area (Å²) in [6.45, 7) is 3.70. The second kappa shape index (κ2) is 5.72. The largest absolute Gasteiger partial charge is 0.370 e. The highest BCUT2D eigenvalue weighted by molar-refractivity contribution is 9.10. The number of hydrogen-bond donors (Lipinski definition) is 1. The Morgan fingerprint density at radius 1 is 1.45 bits per heavy atom. The van der Waals surface area contributed by atoms with Gasteiger partial charge in [0, 0.05) is 29.8 Å². The molecule has 0 aromatic carbocycles. The maximum atomic E-state index is 12.9. The number of amides is 1. The van der Waals surface area contributed by atoms with E-state index < -0.39 is 0 Å². The molecule has 1 heterocycles. The molecule has 1 N–H and O–H groups in total. The van der Waals surface area contributed by atoms with Gasteiger partial charge in [0.05, 0.1) is 5.56 Å². The first kappa shape index (κ1) is 13.9. The van der Waals surface area contributed by atoms with E-state index in [9.17, 15) is 4.79 Å². The number of carbonyl (C=O) groups is 1. The monoisotopic (exact) mass is 337 g/mol. The summed E-state index contributed by atoms with van der Waals surface area (Å²) < 4.78 is 0.852. The van der Waals surface area contributed by atoms with Crippen molar-refractivity contribution in [3.63, 3.8) is 0 Å². The van der Waals surface area contributed by atoms with Crippen molar-refractivity contribution in [1.82, 2.24) is 9.88 Å². The van der Waals surface area contributed by atoms with Crippen LogP contribution in [0.25, 0.3) is 0 Å². The van der Waals surface area contributed by atoms with Crippen molar-refractivity contribution in [2.45, 2.75) is 38.6 Å². The van der Waals surface area contributed by atoms with Crippen molar-refractivity contribution in [2.24, 2.45) is 5.92 Å². The highest BCUT2D eigenvalue weighted by Crippen LogP contribution is 2.36. The lowest BCUT2D eigenvalue weighted by Gasteiger charge is -2.23. The zero-order chi connectivity index (χ0) is 14.1. The topological polar surface area (TPSA) is 45.2 Å². The molecule has 0 saturated heterocycles. The van der Waals surface area contributed by atoms with Crippen LogP contribution in [0.3, 0.4) is 0 Å². The zero-order valence-corrected chi connectivity index (χ0v) is 13.3. The van der Waals surface area contributed by atoms with Gasteiger partial charge in [-0.15, -0.1) is 0 Å². The van der Waals surface area contributed by atoms with Crippen molar-refractivity contribution >= 4 is 27.7 Å². The van der Waals surface area contributed by atoms with Gasteiger partial charge in [-0.1, -0.05) is 0 Å². The molecule has 108 valence electrons. The number of nitrogens with zero attached hydrogens (tertiary/aromatic N) is 2. The molecule has 4 nitrogen and oxygen atoms in total. The molecule has 2 saturated carbocycles. The summed E-state index contributed by atoms with van der Waals surface area (Å²) in [6, 6.07) is 2.34. The second-order valence-corrected chi connectivity index (χ2v) is 6.63. The van der Waals surface area contributed by atoms with Gasteiger partial charge in [0.1, 0.15) is 5.82 Å². The lowest BCUT2D eigenvalue weighted by atomic mass is 10.2. The number of nitrogens with one attached hydrogen (secondary N) is 1. The fourth-order valence-electron chi connectivity index (χ4n) is 2.43. The van der Waals surface area contributed by atoms with E-state index in [1.54, 1.807) is 6.20 Å². The van der Waals surface area contributed by atoms with E-state index in [2.05, 4.69) is 31.1 Å². The van der Waals surface area contributed by atoms with E-state index in [0.29, 0.717) is 17.4 Å². The van der Waals surface area contributed by atoms with Crippen molar-refractivity contribution in [2.75, 3.05) is 18.4 Å². The summed E-state index contributed by atoms with van der Waals surface area (Å²) in [5.74, 6) is 1.55. The van der Waals surface area contributed by atoms with E-state index in [-0.39, 0.29) is 5.91 Å². The third-order valence-electron chi connectivity index (χ3n) is 3.83. The molecule has 5 heteroatoms. The lowest BCUT2D eigenvalue weighted by Crippen LogP contribution is -2.35. The number of pyridine rings is 1. The first-order valence-electron chi connectivity index (χ1n) is 7.39. The normalized spacial score (nSPS) is 17.9. The summed E-state index contributed by atoms with van der Waals surface area (Å²) in [7, 11) is 0. The van der Waals surface area contributed by atoms with Crippen LogP contribution in [0.1, 0.15) is 43.0 Å². The van der Waals surface area contributed by atoms with Crippen LogP contribution in [0.2, 0.25) is 0 Å². The average molecular weight is 338 g/mol. The van der Waals surface area contributed by atoms with Crippen LogP contribution in [-0.2, 0) is 0 Å². The van der Waals surface area contributed by atoms with Crippen LogP contribution in [0.15, 0.2) is 16.7 Å². The van der Waals surface area contributed by atoms with Gasteiger partial charge in [-0.2, -0.15) is 0 Å². The molecule has 1 aromatic heterocycles. The van der Waals surface area contributed by atoms with Gasteiger partial charge in [-0.05, 0) is 60.5 Å². The van der Waals surface area contributed by atoms with Gasteiger partial charge in [-0.25, -0.2) is 4.98 Å². The van der Waals surface area contributed by atoms with Crippen LogP contribution in [0, 0.1) is 5.92 Å². The smallest absolute Gasteiger partial charge is 0.257 e. The van der Waals surface area contributed by atoms with Crippen LogP contribution < -0.4 is 5.32 Å². The first-order valence-corrected chi connectivity index (χ1v) is 8.18. The van der Waals surface area contributed by atoms with E-state index in [1.165, 1.54) is 12.8 Å². The predicted molar refractivity (Wildman–Crippen MR) is 82.9 cm³/mol. The summed E-state index contributed by atoms with van der Waals surface area (Å²) in [6.07, 6.45) is 6.57. The number of carbonyl (C=O) groups excluding carboxylic acids is 1. The Morgan fingerprint density at radius 2 is 2.20 bits per heavy atom. The number of halogens is 1. The molecule has 0 atom stereocenters. The van der Waals surface area contributed by atoms with Gasteiger partial charge in [-0.3, -0.25) is 4.79 Å². The Balaban J connectivity index is 1.84. The van der Waals surface area contributed by atoms with Gasteiger partial charge in [0.15, 0.2) is 0 Å². The standard InChI is InChI=1S/C15H20BrN3O/c1-2-17-14-13(7-11(16)8-18-14)15(20)19(12-5-6-12)9-10-3-4-10/h7-8,10,12H,2-6,9H2,1H3,(H,17,18). The molecule has 2 aliphatic carbocycles. The Labute approximate surface area is 128 Å². The molecule has 0 bridgehead atoms. The summed E-state index contributed by atoms with van der Waals surface area (Å²) in [5, 5.41) is 3.19. The highest BCUT2D eigenvalue weighted by atomic mass is 79.9. The summed E-state index contributed by atoms with van der Waals surface area (Å²) >= 11 is 3.42. The fraction of sp³-hybridized carbons (Fsp3) is 0.600. The van der Waals surface area contributed by atoms with Gasteiger partial charge < -0.3 is 10.2 Å². The molecule has 2 fully saturated rings. The van der Waals surface area contributed by atoms with E-state index in [4.69, 9.17) is 0 Å². The minimum Gasteiger partial charge on any atom is -0.370 e. The van der Waals surface area contributed by atoms with E-state index in [0.717, 1.165) is 36.3 Å². The molecule has 0 radical (unpaired) electrons. The third-order valence-corrected chi connectivity index (χ3v) is 4.26. The summed E-state index contributed by atoms with van der Waals surface area (Å²) in [4.78, 5) is 19.3. The quantitative estimate of drug-likeness (QED) is 0.866. The highest BCUT2D eigenvalue weighted by Gasteiger charge is 2.37. The molecule has 0 spiro atoms. The molecule has 0 unspecified atom stereocenters. The van der Waals surface area contributed by atoms with Crippen LogP contribution in [0.5, 0.6) is 0 Å². The average Bonchev–Trinajstić information content (AvgIpc) is 3.30. The minimum absolute atomic E-state index is 0.129. The molecule has 20 heavy (non-hydrogen) atoms. The van der Waals surface area contributed by atoms with E-state index >= 15 is 0 Å². The predicted octanol–water partition coefficient (Wildman–Crippen LogP) is 3.29. The Kier molecular flexibility index (Phi) is 3.96. The van der Waals surface area contributed by atoms with Crippen molar-refractivity contribution in [3.8, 4) is 0 Å². The molecule has 1 aromatic rings. The maximum Gasteiger partial charge on any atom is 0.257 e. The molecule has 3 rings (SSSR count). The Bertz CT molecular complexity index is 512. The Hall–Kier alpha value is -1.10. The van der Waals surface area contributed by atoms with E-state index in [1.807, 2.05) is 13.0 Å². The van der Waals surface area contributed by atoms with Crippen molar-refractivity contribution in [3.05, 3.63) is 22.3 Å². The number of hydrogen-bond acceptors (Lipinski definition) is 3. The van der Waals surface area contributed by atoms with Crippen molar-refractivity contribution in [1.29, 1.82) is 0 Å². The SMILES string of the molecule is CCNc1ncc(Br)cc1C(=O)N(CC1CC1)C1CC1. The molecule has 2 aliphatic rings. The molecular weight excluding hydrogens is 318 g/mol. The second-order valence-electron chi connectivity index (χ2n) is 5.71. The first-order chi connectivity index (χ1) is 9.69. The maximum absolute atomic E-state index is 12.9. The molecular formula is C15H20BrN3O. The van der Waals surface area contributed by atoms with Gasteiger partial charge in [0.25, 0.3) is 5.91 Å². The molecule has 0 aliphatic heterocycles. The van der Waals surface area contributed by atoms with Crippen LogP contribution >= 0.6 is 15.9 Å². The number of aromatic nitrogens is 1. The Morgan fingerprint density at radius 3 is 2.80 bits per heavy atom.